The van der Waals surface area contributed by atoms with Crippen molar-refractivity contribution in [3.8, 4) is 5.75 Å². The van der Waals surface area contributed by atoms with Crippen LogP contribution in [-0.2, 0) is 9.53 Å². The molecule has 0 saturated carbocycles. The Morgan fingerprint density at radius 3 is 2.59 bits per heavy atom. The standard InChI is InChI=1S/C9H8BrF2NO3.ClH/c1-16-9(15)7(13)5-6(12)4(11)2-3(10)8(5)14;/h2,7,14H,13H2,1H3;1H/t7-;/m1./s1. The van der Waals surface area contributed by atoms with Gasteiger partial charge >= 0.3 is 5.97 Å². The van der Waals surface area contributed by atoms with Gasteiger partial charge in [0, 0.05) is 0 Å². The van der Waals surface area contributed by atoms with Crippen molar-refractivity contribution >= 4 is 34.3 Å². The highest BCUT2D eigenvalue weighted by Gasteiger charge is 2.27. The van der Waals surface area contributed by atoms with Crippen molar-refractivity contribution in [3.05, 3.63) is 27.7 Å². The lowest BCUT2D eigenvalue weighted by Gasteiger charge is -2.13. The lowest BCUT2D eigenvalue weighted by molar-refractivity contribution is -0.142. The predicted octanol–water partition coefficient (Wildman–Crippen LogP) is 2.03. The fourth-order valence-electron chi connectivity index (χ4n) is 1.13. The molecule has 4 nitrogen and oxygen atoms in total. The number of benzene rings is 1. The van der Waals surface area contributed by atoms with Crippen molar-refractivity contribution in [3.63, 3.8) is 0 Å². The van der Waals surface area contributed by atoms with Gasteiger partial charge in [0.2, 0.25) is 0 Å². The molecule has 1 rings (SSSR count). The monoisotopic (exact) mass is 331 g/mol. The third-order valence-electron chi connectivity index (χ3n) is 1.95. The highest BCUT2D eigenvalue weighted by molar-refractivity contribution is 9.10. The highest BCUT2D eigenvalue weighted by Crippen LogP contribution is 2.35. The predicted molar refractivity (Wildman–Crippen MR) is 61.9 cm³/mol. The van der Waals surface area contributed by atoms with Crippen LogP contribution in [-0.4, -0.2) is 18.2 Å². The van der Waals surface area contributed by atoms with Crippen molar-refractivity contribution in [1.29, 1.82) is 0 Å². The largest absolute Gasteiger partial charge is 0.506 e. The van der Waals surface area contributed by atoms with Gasteiger partial charge in [-0.3, -0.25) is 4.79 Å². The van der Waals surface area contributed by atoms with Gasteiger partial charge in [0.1, 0.15) is 11.8 Å². The molecule has 3 N–H and O–H groups in total. The first-order chi connectivity index (χ1) is 7.40. The van der Waals surface area contributed by atoms with Crippen LogP contribution in [0.4, 0.5) is 8.78 Å². The van der Waals surface area contributed by atoms with Gasteiger partial charge in [-0.05, 0) is 22.0 Å². The molecule has 0 unspecified atom stereocenters. The summed E-state index contributed by atoms with van der Waals surface area (Å²) in [5.74, 6) is -4.21. The summed E-state index contributed by atoms with van der Waals surface area (Å²) in [7, 11) is 1.05. The van der Waals surface area contributed by atoms with Crippen molar-refractivity contribution in [2.45, 2.75) is 6.04 Å². The molecule has 1 atom stereocenters. The molecule has 1 aromatic rings. The van der Waals surface area contributed by atoms with Crippen LogP contribution < -0.4 is 5.73 Å². The van der Waals surface area contributed by atoms with Gasteiger partial charge in [-0.15, -0.1) is 12.4 Å². The molecule has 0 heterocycles. The summed E-state index contributed by atoms with van der Waals surface area (Å²) in [6, 6.07) is -0.852. The van der Waals surface area contributed by atoms with E-state index in [0.29, 0.717) is 0 Å². The minimum atomic E-state index is -1.59. The van der Waals surface area contributed by atoms with E-state index in [1.165, 1.54) is 0 Å². The SMILES string of the molecule is COC(=O)[C@H](N)c1c(O)c(Br)cc(F)c1F.Cl. The van der Waals surface area contributed by atoms with E-state index >= 15 is 0 Å². The molecular formula is C9H9BrClF2NO3. The Balaban J connectivity index is 0.00000256. The maximum absolute atomic E-state index is 13.3. The first-order valence-corrected chi connectivity index (χ1v) is 4.89. The first-order valence-electron chi connectivity index (χ1n) is 4.10. The Kier molecular flexibility index (Phi) is 5.80. The van der Waals surface area contributed by atoms with Crippen molar-refractivity contribution < 1.29 is 23.4 Å². The summed E-state index contributed by atoms with van der Waals surface area (Å²) >= 11 is 2.81. The Hall–Kier alpha value is -0.920. The third kappa shape index (κ3) is 3.05. The number of carbonyl (C=O) groups excluding carboxylic acids is 1. The number of methoxy groups -OCH3 is 1. The molecule has 0 radical (unpaired) electrons. The number of esters is 1. The van der Waals surface area contributed by atoms with Gasteiger partial charge in [0.05, 0.1) is 17.1 Å². The Labute approximate surface area is 110 Å². The fraction of sp³-hybridized carbons (Fsp3) is 0.222. The zero-order valence-corrected chi connectivity index (χ0v) is 10.9. The van der Waals surface area contributed by atoms with Crippen LogP contribution >= 0.6 is 28.3 Å². The van der Waals surface area contributed by atoms with Crippen LogP contribution in [0.15, 0.2) is 10.5 Å². The maximum atomic E-state index is 13.3. The Bertz CT molecular complexity index is 418. The number of phenolic OH excluding ortho intramolecular Hbond substituents is 1. The zero-order chi connectivity index (χ0) is 12.5. The quantitative estimate of drug-likeness (QED) is 0.642. The number of phenols is 1. The topological polar surface area (TPSA) is 72.5 Å². The van der Waals surface area contributed by atoms with E-state index in [9.17, 15) is 18.7 Å². The number of ether oxygens (including phenoxy) is 1. The molecule has 8 heteroatoms. The van der Waals surface area contributed by atoms with E-state index in [2.05, 4.69) is 20.7 Å². The van der Waals surface area contributed by atoms with Crippen LogP contribution in [0, 0.1) is 11.6 Å². The smallest absolute Gasteiger partial charge is 0.327 e. The molecule has 0 amide bonds. The molecule has 1 aromatic carbocycles. The van der Waals surface area contributed by atoms with Gasteiger partial charge < -0.3 is 15.6 Å². The average Bonchev–Trinajstić information content (AvgIpc) is 2.25. The van der Waals surface area contributed by atoms with Gasteiger partial charge in [0.25, 0.3) is 0 Å². The summed E-state index contributed by atoms with van der Waals surface area (Å²) in [5, 5.41) is 9.48. The second-order valence-corrected chi connectivity index (χ2v) is 3.77. The van der Waals surface area contributed by atoms with Crippen molar-refractivity contribution in [2.24, 2.45) is 5.73 Å². The highest BCUT2D eigenvalue weighted by atomic mass is 79.9. The second-order valence-electron chi connectivity index (χ2n) is 2.92. The van der Waals surface area contributed by atoms with Gasteiger partial charge in [0.15, 0.2) is 11.6 Å². The number of aromatic hydroxyl groups is 1. The molecule has 0 aliphatic carbocycles. The van der Waals surface area contributed by atoms with Crippen LogP contribution in [0.2, 0.25) is 0 Å². The number of rotatable bonds is 2. The maximum Gasteiger partial charge on any atom is 0.327 e. The second kappa shape index (κ2) is 6.13. The normalized spacial score (nSPS) is 11.6. The summed E-state index contributed by atoms with van der Waals surface area (Å²) in [6.45, 7) is 0. The van der Waals surface area contributed by atoms with Crippen LogP contribution in [0.3, 0.4) is 0 Å². The Morgan fingerprint density at radius 2 is 2.12 bits per heavy atom. The lowest BCUT2D eigenvalue weighted by atomic mass is 10.1. The number of carbonyl (C=O) groups is 1. The molecule has 0 aliphatic rings. The molecule has 0 bridgehead atoms. The summed E-state index contributed by atoms with van der Waals surface area (Å²) < 4.78 is 30.6. The number of nitrogens with two attached hydrogens (primary N) is 1. The number of hydrogen-bond donors (Lipinski definition) is 2. The molecule has 0 aliphatic heterocycles. The minimum Gasteiger partial charge on any atom is -0.506 e. The first kappa shape index (κ1) is 16.1. The summed E-state index contributed by atoms with van der Waals surface area (Å²) in [6.07, 6.45) is 0. The molecule has 0 saturated heterocycles. The van der Waals surface area contributed by atoms with Crippen molar-refractivity contribution in [1.82, 2.24) is 0 Å². The average molecular weight is 333 g/mol. The minimum absolute atomic E-state index is 0. The van der Waals surface area contributed by atoms with Gasteiger partial charge in [-0.2, -0.15) is 0 Å². The van der Waals surface area contributed by atoms with E-state index in [4.69, 9.17) is 5.73 Å². The molecule has 0 spiro atoms. The van der Waals surface area contributed by atoms with E-state index in [1.807, 2.05) is 0 Å². The van der Waals surface area contributed by atoms with Crippen molar-refractivity contribution in [2.75, 3.05) is 7.11 Å². The van der Waals surface area contributed by atoms with E-state index < -0.39 is 35.0 Å². The number of halogens is 4. The molecule has 0 fully saturated rings. The lowest BCUT2D eigenvalue weighted by Crippen LogP contribution is -2.24. The van der Waals surface area contributed by atoms with E-state index in [-0.39, 0.29) is 16.9 Å². The zero-order valence-electron chi connectivity index (χ0n) is 8.54. The third-order valence-corrected chi connectivity index (χ3v) is 2.55. The van der Waals surface area contributed by atoms with Gasteiger partial charge in [-0.25, -0.2) is 8.78 Å². The fourth-order valence-corrected chi connectivity index (χ4v) is 1.55. The molecule has 17 heavy (non-hydrogen) atoms. The van der Waals surface area contributed by atoms with Crippen LogP contribution in [0.1, 0.15) is 11.6 Å². The van der Waals surface area contributed by atoms with Crippen LogP contribution in [0.25, 0.3) is 0 Å². The molecule has 0 aromatic heterocycles. The molecular weight excluding hydrogens is 323 g/mol. The van der Waals surface area contributed by atoms with E-state index in [0.717, 1.165) is 13.2 Å². The van der Waals surface area contributed by atoms with Gasteiger partial charge in [-0.1, -0.05) is 0 Å². The van der Waals surface area contributed by atoms with Crippen LogP contribution in [0.5, 0.6) is 5.75 Å². The molecule has 96 valence electrons. The summed E-state index contributed by atoms with van der Waals surface area (Å²) in [4.78, 5) is 11.1. The van der Waals surface area contributed by atoms with E-state index in [1.54, 1.807) is 0 Å². The summed E-state index contributed by atoms with van der Waals surface area (Å²) in [5.41, 5.74) is 4.69. The Morgan fingerprint density at radius 1 is 1.59 bits per heavy atom. The number of hydrogen-bond acceptors (Lipinski definition) is 4.